The van der Waals surface area contributed by atoms with E-state index in [0.29, 0.717) is 19.4 Å². The van der Waals surface area contributed by atoms with Gasteiger partial charge in [0, 0.05) is 17.9 Å². The van der Waals surface area contributed by atoms with E-state index in [1.807, 2.05) is 26.8 Å². The summed E-state index contributed by atoms with van der Waals surface area (Å²) >= 11 is 0. The first kappa shape index (κ1) is 27.1. The van der Waals surface area contributed by atoms with Crippen LogP contribution in [0, 0.1) is 10.8 Å². The van der Waals surface area contributed by atoms with Gasteiger partial charge < -0.3 is 38.6 Å². The summed E-state index contributed by atoms with van der Waals surface area (Å²) in [4.78, 5) is 26.3. The second-order valence-electron chi connectivity index (χ2n) is 12.4. The zero-order chi connectivity index (χ0) is 27.8. The van der Waals surface area contributed by atoms with Gasteiger partial charge in [-0.2, -0.15) is 0 Å². The van der Waals surface area contributed by atoms with Crippen molar-refractivity contribution in [2.75, 3.05) is 19.8 Å². The van der Waals surface area contributed by atoms with Crippen LogP contribution in [0.4, 0.5) is 0 Å². The fourth-order valence-electron chi connectivity index (χ4n) is 7.41. The first-order chi connectivity index (χ1) is 18.5. The fraction of sp³-hybridized carbons (Fsp3) is 0.724. The molecule has 2 N–H and O–H groups in total. The number of hydrogen-bond acceptors (Lipinski definition) is 10. The van der Waals surface area contributed by atoms with E-state index < -0.39 is 76.7 Å². The van der Waals surface area contributed by atoms with Crippen molar-refractivity contribution in [2.45, 2.75) is 101 Å². The number of epoxide rings is 2. The Labute approximate surface area is 227 Å². The number of ether oxygens (including phenoxy) is 6. The molecule has 10 heteroatoms. The Hall–Kier alpha value is -2.08. The molecule has 11 unspecified atom stereocenters. The molecule has 214 valence electrons. The number of aliphatic hydroxyl groups is 2. The molecule has 0 aromatic carbocycles. The molecule has 6 rings (SSSR count). The smallest absolute Gasteiger partial charge is 0.338 e. The van der Waals surface area contributed by atoms with Crippen LogP contribution in [0.1, 0.15) is 47.0 Å². The number of rotatable bonds is 1. The third-order valence-corrected chi connectivity index (χ3v) is 10.1. The standard InChI is InChI=1S/C29H38O10/c1-16-9-10-28-14-35-25(33)24-26(3,39-24)11-12-34-18(17(2)30)7-5-6-8-20(31)38-22-21(32)23(37-19(28)13-16)29(15-36-29)27(22,28)4/h5-8,13,17-19,21-24,30,32H,9-12,14-15H2,1-4H3/b7-5-,8-6-. The number of aliphatic hydroxyl groups excluding tert-OH is 2. The van der Waals surface area contributed by atoms with Crippen molar-refractivity contribution in [3.63, 3.8) is 0 Å². The SMILES string of the molecule is CC1=CC2OC3C(O)C4OC(=O)/C=C\C=C/C(C(C)O)OCCC5(C)OC5C(=O)OCC2(CC1)C4(C)C31CO1. The minimum Gasteiger partial charge on any atom is -0.463 e. The van der Waals surface area contributed by atoms with Gasteiger partial charge in [-0.1, -0.05) is 36.8 Å². The van der Waals surface area contributed by atoms with Crippen molar-refractivity contribution in [3.8, 4) is 0 Å². The summed E-state index contributed by atoms with van der Waals surface area (Å²) in [5.74, 6) is -1.10. The highest BCUT2D eigenvalue weighted by atomic mass is 16.7. The maximum absolute atomic E-state index is 13.3. The van der Waals surface area contributed by atoms with Crippen LogP contribution in [-0.4, -0.2) is 95.9 Å². The average Bonchev–Trinajstić information content (AvgIpc) is 3.80. The van der Waals surface area contributed by atoms with Crippen molar-refractivity contribution in [1.82, 2.24) is 0 Å². The maximum atomic E-state index is 13.3. The Morgan fingerprint density at radius 2 is 1.87 bits per heavy atom. The molecule has 3 saturated heterocycles. The van der Waals surface area contributed by atoms with Crippen molar-refractivity contribution < 1.29 is 48.2 Å². The van der Waals surface area contributed by atoms with Gasteiger partial charge in [-0.15, -0.1) is 0 Å². The van der Waals surface area contributed by atoms with Crippen LogP contribution < -0.4 is 0 Å². The van der Waals surface area contributed by atoms with Gasteiger partial charge >= 0.3 is 11.9 Å². The molecular formula is C29H38O10. The van der Waals surface area contributed by atoms with Crippen molar-refractivity contribution in [1.29, 1.82) is 0 Å². The third-order valence-electron chi connectivity index (χ3n) is 10.1. The molecule has 10 nitrogen and oxygen atoms in total. The van der Waals surface area contributed by atoms with Crippen LogP contribution in [0.2, 0.25) is 0 Å². The number of fused-ring (bicyclic) bond motifs is 1. The van der Waals surface area contributed by atoms with E-state index in [1.165, 1.54) is 12.2 Å². The minimum atomic E-state index is -1.12. The Kier molecular flexibility index (Phi) is 6.41. The van der Waals surface area contributed by atoms with Gasteiger partial charge in [0.2, 0.25) is 0 Å². The Balaban J connectivity index is 1.38. The van der Waals surface area contributed by atoms with E-state index in [0.717, 1.165) is 12.0 Å². The molecule has 11 atom stereocenters. The van der Waals surface area contributed by atoms with Gasteiger partial charge in [-0.3, -0.25) is 0 Å². The Morgan fingerprint density at radius 3 is 2.59 bits per heavy atom. The number of carbonyl (C=O) groups excluding carboxylic acids is 2. The summed E-state index contributed by atoms with van der Waals surface area (Å²) in [7, 11) is 0. The summed E-state index contributed by atoms with van der Waals surface area (Å²) < 4.78 is 36.1. The van der Waals surface area contributed by atoms with E-state index in [9.17, 15) is 19.8 Å². The molecule has 2 spiro atoms. The lowest BCUT2D eigenvalue weighted by atomic mass is 9.51. The summed E-state index contributed by atoms with van der Waals surface area (Å²) in [5, 5.41) is 21.5. The lowest BCUT2D eigenvalue weighted by Gasteiger charge is -2.58. The van der Waals surface area contributed by atoms with Crippen LogP contribution in [0.5, 0.6) is 0 Å². The lowest BCUT2D eigenvalue weighted by Crippen LogP contribution is -2.66. The zero-order valence-electron chi connectivity index (χ0n) is 22.8. The first-order valence-corrected chi connectivity index (χ1v) is 13.8. The normalized spacial score (nSPS) is 51.7. The molecule has 2 bridgehead atoms. The number of allylic oxidation sites excluding steroid dienone is 3. The molecular weight excluding hydrogens is 508 g/mol. The summed E-state index contributed by atoms with van der Waals surface area (Å²) in [6.45, 7) is 8.08. The molecule has 0 radical (unpaired) electrons. The van der Waals surface area contributed by atoms with Gasteiger partial charge in [-0.25, -0.2) is 9.59 Å². The molecule has 1 saturated carbocycles. The number of carbonyl (C=O) groups is 2. The number of hydrogen-bond donors (Lipinski definition) is 2. The first-order valence-electron chi connectivity index (χ1n) is 13.8. The summed E-state index contributed by atoms with van der Waals surface area (Å²) in [6, 6.07) is 0. The second kappa shape index (κ2) is 9.22. The van der Waals surface area contributed by atoms with Gasteiger partial charge in [-0.05, 0) is 33.6 Å². The van der Waals surface area contributed by atoms with Gasteiger partial charge in [0.15, 0.2) is 6.10 Å². The summed E-state index contributed by atoms with van der Waals surface area (Å²) in [5.41, 5.74) is -2.12. The highest BCUT2D eigenvalue weighted by Crippen LogP contribution is 2.72. The van der Waals surface area contributed by atoms with Gasteiger partial charge in [0.05, 0.1) is 30.8 Å². The van der Waals surface area contributed by atoms with E-state index >= 15 is 0 Å². The highest BCUT2D eigenvalue weighted by Gasteiger charge is 2.85. The predicted molar refractivity (Wildman–Crippen MR) is 135 cm³/mol. The van der Waals surface area contributed by atoms with Crippen LogP contribution in [-0.2, 0) is 38.0 Å². The molecule has 0 aromatic rings. The summed E-state index contributed by atoms with van der Waals surface area (Å²) in [6.07, 6.45) is 4.54. The zero-order valence-corrected chi connectivity index (χ0v) is 22.8. The fourth-order valence-corrected chi connectivity index (χ4v) is 7.41. The van der Waals surface area contributed by atoms with Crippen LogP contribution in [0.25, 0.3) is 0 Å². The molecule has 4 heterocycles. The topological polar surface area (TPSA) is 137 Å². The van der Waals surface area contributed by atoms with E-state index in [4.69, 9.17) is 28.4 Å². The van der Waals surface area contributed by atoms with Crippen molar-refractivity contribution in [2.24, 2.45) is 10.8 Å². The van der Waals surface area contributed by atoms with Crippen LogP contribution in [0.3, 0.4) is 0 Å². The molecule has 0 aromatic heterocycles. The van der Waals surface area contributed by atoms with Gasteiger partial charge in [0.1, 0.15) is 42.2 Å². The lowest BCUT2D eigenvalue weighted by molar-refractivity contribution is -0.233. The van der Waals surface area contributed by atoms with E-state index in [1.54, 1.807) is 19.1 Å². The van der Waals surface area contributed by atoms with E-state index in [2.05, 4.69) is 0 Å². The molecule has 0 amide bonds. The largest absolute Gasteiger partial charge is 0.463 e. The highest BCUT2D eigenvalue weighted by molar-refractivity contribution is 5.82. The maximum Gasteiger partial charge on any atom is 0.338 e. The number of esters is 2. The van der Waals surface area contributed by atoms with Crippen LogP contribution >= 0.6 is 0 Å². The van der Waals surface area contributed by atoms with Crippen LogP contribution in [0.15, 0.2) is 36.0 Å². The molecule has 39 heavy (non-hydrogen) atoms. The van der Waals surface area contributed by atoms with Gasteiger partial charge in [0.25, 0.3) is 0 Å². The molecule has 6 aliphatic rings. The molecule has 4 fully saturated rings. The quantitative estimate of drug-likeness (QED) is 0.283. The second-order valence-corrected chi connectivity index (χ2v) is 12.4. The van der Waals surface area contributed by atoms with Crippen molar-refractivity contribution >= 4 is 11.9 Å². The molecule has 2 aliphatic carbocycles. The predicted octanol–water partition coefficient (Wildman–Crippen LogP) is 1.52. The monoisotopic (exact) mass is 546 g/mol. The third kappa shape index (κ3) is 3.98. The number of cyclic esters (lactones) is 1. The molecule has 4 aliphatic heterocycles. The average molecular weight is 547 g/mol. The van der Waals surface area contributed by atoms with Crippen molar-refractivity contribution in [3.05, 3.63) is 36.0 Å². The minimum absolute atomic E-state index is 0.00446. The Bertz CT molecular complexity index is 1120. The van der Waals surface area contributed by atoms with E-state index in [-0.39, 0.29) is 13.2 Å². The Morgan fingerprint density at radius 1 is 1.10 bits per heavy atom.